The Bertz CT molecular complexity index is 418. The van der Waals surface area contributed by atoms with Crippen molar-refractivity contribution < 1.29 is 5.11 Å². The Morgan fingerprint density at radius 1 is 1.22 bits per heavy atom. The van der Waals surface area contributed by atoms with E-state index in [9.17, 15) is 5.11 Å². The SMILES string of the molecule is CNc1nc(NCC2(O)CCC2)nc(N(C)C)n1. The van der Waals surface area contributed by atoms with Gasteiger partial charge in [0.25, 0.3) is 0 Å². The van der Waals surface area contributed by atoms with Crippen LogP contribution >= 0.6 is 0 Å². The summed E-state index contributed by atoms with van der Waals surface area (Å²) in [6.45, 7) is 0.479. The summed E-state index contributed by atoms with van der Waals surface area (Å²) in [5, 5.41) is 16.0. The summed E-state index contributed by atoms with van der Waals surface area (Å²) in [6, 6.07) is 0. The van der Waals surface area contributed by atoms with Gasteiger partial charge in [0.15, 0.2) is 0 Å². The summed E-state index contributed by atoms with van der Waals surface area (Å²) >= 11 is 0. The van der Waals surface area contributed by atoms with Gasteiger partial charge in [0.2, 0.25) is 17.8 Å². The lowest BCUT2D eigenvalue weighted by atomic mass is 9.80. The lowest BCUT2D eigenvalue weighted by Crippen LogP contribution is -2.43. The van der Waals surface area contributed by atoms with Crippen molar-refractivity contribution in [3.63, 3.8) is 0 Å². The van der Waals surface area contributed by atoms with Gasteiger partial charge in [-0.25, -0.2) is 0 Å². The van der Waals surface area contributed by atoms with Gasteiger partial charge in [0.1, 0.15) is 0 Å². The molecule has 0 amide bonds. The highest BCUT2D eigenvalue weighted by atomic mass is 16.3. The Kier molecular flexibility index (Phi) is 3.51. The van der Waals surface area contributed by atoms with Gasteiger partial charge in [-0.2, -0.15) is 15.0 Å². The van der Waals surface area contributed by atoms with Gasteiger partial charge in [-0.15, -0.1) is 0 Å². The maximum Gasteiger partial charge on any atom is 0.231 e. The monoisotopic (exact) mass is 252 g/mol. The van der Waals surface area contributed by atoms with E-state index in [4.69, 9.17) is 0 Å². The number of nitrogens with zero attached hydrogens (tertiary/aromatic N) is 4. The summed E-state index contributed by atoms with van der Waals surface area (Å²) in [4.78, 5) is 14.5. The van der Waals surface area contributed by atoms with Crippen LogP contribution in [0.3, 0.4) is 0 Å². The highest BCUT2D eigenvalue weighted by Gasteiger charge is 2.34. The van der Waals surface area contributed by atoms with Crippen molar-refractivity contribution >= 4 is 17.8 Å². The first-order valence-corrected chi connectivity index (χ1v) is 6.10. The minimum absolute atomic E-state index is 0.479. The topological polar surface area (TPSA) is 86.2 Å². The second-order valence-electron chi connectivity index (χ2n) is 4.86. The molecule has 2 rings (SSSR count). The molecule has 0 aromatic carbocycles. The normalized spacial score (nSPS) is 16.9. The number of rotatable bonds is 5. The minimum Gasteiger partial charge on any atom is -0.388 e. The largest absolute Gasteiger partial charge is 0.388 e. The molecule has 1 saturated carbocycles. The highest BCUT2D eigenvalue weighted by molar-refractivity contribution is 5.42. The summed E-state index contributed by atoms with van der Waals surface area (Å²) in [6.07, 6.45) is 2.76. The van der Waals surface area contributed by atoms with E-state index in [2.05, 4.69) is 25.6 Å². The number of aliphatic hydroxyl groups is 1. The first-order valence-electron chi connectivity index (χ1n) is 6.10. The molecular weight excluding hydrogens is 232 g/mol. The molecule has 7 nitrogen and oxygen atoms in total. The van der Waals surface area contributed by atoms with Crippen LogP contribution in [0.15, 0.2) is 0 Å². The molecule has 0 radical (unpaired) electrons. The van der Waals surface area contributed by atoms with Gasteiger partial charge >= 0.3 is 0 Å². The van der Waals surface area contributed by atoms with Crippen molar-refractivity contribution in [2.24, 2.45) is 0 Å². The Labute approximate surface area is 107 Å². The predicted octanol–water partition coefficient (Wildman–Crippen LogP) is 0.306. The maximum atomic E-state index is 10.0. The third kappa shape index (κ3) is 2.79. The first kappa shape index (κ1) is 12.8. The molecule has 0 atom stereocenters. The molecule has 0 spiro atoms. The molecule has 1 aliphatic rings. The molecule has 7 heteroatoms. The zero-order valence-electron chi connectivity index (χ0n) is 11.1. The van der Waals surface area contributed by atoms with Crippen LogP contribution in [-0.2, 0) is 0 Å². The number of anilines is 3. The Balaban J connectivity index is 2.08. The predicted molar refractivity (Wildman–Crippen MR) is 71.0 cm³/mol. The van der Waals surface area contributed by atoms with Crippen LogP contribution < -0.4 is 15.5 Å². The summed E-state index contributed by atoms with van der Waals surface area (Å²) in [7, 11) is 5.51. The van der Waals surface area contributed by atoms with E-state index in [-0.39, 0.29) is 0 Å². The van der Waals surface area contributed by atoms with Crippen molar-refractivity contribution in [2.75, 3.05) is 43.2 Å². The fraction of sp³-hybridized carbons (Fsp3) is 0.727. The van der Waals surface area contributed by atoms with E-state index in [1.807, 2.05) is 19.0 Å². The number of hydrogen-bond acceptors (Lipinski definition) is 7. The van der Waals surface area contributed by atoms with Crippen LogP contribution in [-0.4, -0.2) is 53.3 Å². The molecular formula is C11H20N6O. The highest BCUT2D eigenvalue weighted by Crippen LogP contribution is 2.31. The van der Waals surface area contributed by atoms with Crippen LogP contribution in [0.5, 0.6) is 0 Å². The van der Waals surface area contributed by atoms with E-state index in [0.29, 0.717) is 24.4 Å². The molecule has 1 heterocycles. The number of aromatic nitrogens is 3. The van der Waals surface area contributed by atoms with Crippen molar-refractivity contribution in [3.8, 4) is 0 Å². The van der Waals surface area contributed by atoms with Crippen LogP contribution in [0.1, 0.15) is 19.3 Å². The fourth-order valence-corrected chi connectivity index (χ4v) is 1.76. The third-order valence-corrected chi connectivity index (χ3v) is 3.11. The van der Waals surface area contributed by atoms with Crippen LogP contribution in [0.25, 0.3) is 0 Å². The quantitative estimate of drug-likeness (QED) is 0.695. The standard InChI is InChI=1S/C11H20N6O/c1-12-8-14-9(16-10(15-8)17(2)3)13-7-11(18)5-4-6-11/h18H,4-7H2,1-3H3,(H2,12,13,14,15,16). The fourth-order valence-electron chi connectivity index (χ4n) is 1.76. The van der Waals surface area contributed by atoms with Gasteiger partial charge in [-0.3, -0.25) is 0 Å². The third-order valence-electron chi connectivity index (χ3n) is 3.11. The smallest absolute Gasteiger partial charge is 0.231 e. The van der Waals surface area contributed by atoms with E-state index in [1.165, 1.54) is 0 Å². The van der Waals surface area contributed by atoms with E-state index < -0.39 is 5.60 Å². The maximum absolute atomic E-state index is 10.0. The lowest BCUT2D eigenvalue weighted by Gasteiger charge is -2.36. The van der Waals surface area contributed by atoms with E-state index in [0.717, 1.165) is 19.3 Å². The number of nitrogens with one attached hydrogen (secondary N) is 2. The summed E-state index contributed by atoms with van der Waals surface area (Å²) in [5.74, 6) is 1.58. The Morgan fingerprint density at radius 2 is 1.89 bits per heavy atom. The average Bonchev–Trinajstić information content (AvgIpc) is 2.33. The van der Waals surface area contributed by atoms with Crippen molar-refractivity contribution in [3.05, 3.63) is 0 Å². The molecule has 100 valence electrons. The van der Waals surface area contributed by atoms with Crippen molar-refractivity contribution in [1.82, 2.24) is 15.0 Å². The first-order chi connectivity index (χ1) is 8.52. The Morgan fingerprint density at radius 3 is 2.39 bits per heavy atom. The Hall–Kier alpha value is -1.63. The molecule has 1 fully saturated rings. The van der Waals surface area contributed by atoms with Gasteiger partial charge < -0.3 is 20.6 Å². The second-order valence-corrected chi connectivity index (χ2v) is 4.86. The van der Waals surface area contributed by atoms with Crippen LogP contribution in [0, 0.1) is 0 Å². The van der Waals surface area contributed by atoms with Crippen molar-refractivity contribution in [2.45, 2.75) is 24.9 Å². The van der Waals surface area contributed by atoms with Crippen LogP contribution in [0.4, 0.5) is 17.8 Å². The molecule has 3 N–H and O–H groups in total. The van der Waals surface area contributed by atoms with Crippen LogP contribution in [0.2, 0.25) is 0 Å². The van der Waals surface area contributed by atoms with Crippen molar-refractivity contribution in [1.29, 1.82) is 0 Å². The van der Waals surface area contributed by atoms with Gasteiger partial charge in [0.05, 0.1) is 5.60 Å². The summed E-state index contributed by atoms with van der Waals surface area (Å²) in [5.41, 5.74) is -0.593. The average molecular weight is 252 g/mol. The van der Waals surface area contributed by atoms with E-state index in [1.54, 1.807) is 7.05 Å². The molecule has 1 aromatic rings. The van der Waals surface area contributed by atoms with E-state index >= 15 is 0 Å². The number of hydrogen-bond donors (Lipinski definition) is 3. The van der Waals surface area contributed by atoms with Gasteiger partial charge in [0, 0.05) is 27.7 Å². The zero-order valence-corrected chi connectivity index (χ0v) is 11.1. The molecule has 18 heavy (non-hydrogen) atoms. The lowest BCUT2D eigenvalue weighted by molar-refractivity contribution is -0.0203. The zero-order chi connectivity index (χ0) is 13.2. The van der Waals surface area contributed by atoms with Gasteiger partial charge in [-0.05, 0) is 19.3 Å². The molecule has 0 saturated heterocycles. The molecule has 1 aromatic heterocycles. The molecule has 0 aliphatic heterocycles. The second kappa shape index (κ2) is 4.93. The minimum atomic E-state index is -0.593. The molecule has 0 unspecified atom stereocenters. The molecule has 0 bridgehead atoms. The summed E-state index contributed by atoms with van der Waals surface area (Å²) < 4.78 is 0. The molecule has 1 aliphatic carbocycles. The van der Waals surface area contributed by atoms with Gasteiger partial charge in [-0.1, -0.05) is 0 Å².